The smallest absolute Gasteiger partial charge is 0.226 e. The van der Waals surface area contributed by atoms with Gasteiger partial charge in [-0.2, -0.15) is 5.26 Å². The third-order valence-corrected chi connectivity index (χ3v) is 7.37. The summed E-state index contributed by atoms with van der Waals surface area (Å²) in [5.41, 5.74) is 1.86. The predicted octanol–water partition coefficient (Wildman–Crippen LogP) is 3.16. The summed E-state index contributed by atoms with van der Waals surface area (Å²) in [5.74, 6) is 1.14. The molecule has 0 aromatic carbocycles. The van der Waals surface area contributed by atoms with Gasteiger partial charge in [-0.15, -0.1) is 11.3 Å². The lowest BCUT2D eigenvalue weighted by molar-refractivity contribution is -0.117. The summed E-state index contributed by atoms with van der Waals surface area (Å²) >= 11 is 1.60. The van der Waals surface area contributed by atoms with E-state index in [-0.39, 0.29) is 12.2 Å². The van der Waals surface area contributed by atoms with Crippen LogP contribution in [0.5, 0.6) is 0 Å². The number of anilines is 1. The predicted molar refractivity (Wildman–Crippen MR) is 108 cm³/mol. The van der Waals surface area contributed by atoms with E-state index >= 15 is 0 Å². The van der Waals surface area contributed by atoms with Gasteiger partial charge in [0, 0.05) is 23.8 Å². The summed E-state index contributed by atoms with van der Waals surface area (Å²) < 4.78 is 11.3. The van der Waals surface area contributed by atoms with E-state index in [1.165, 1.54) is 10.4 Å². The number of likely N-dealkylation sites (tertiary alicyclic amines) is 1. The van der Waals surface area contributed by atoms with Gasteiger partial charge >= 0.3 is 0 Å². The second kappa shape index (κ2) is 8.91. The highest BCUT2D eigenvalue weighted by Gasteiger charge is 2.30. The maximum absolute atomic E-state index is 12.5. The molecule has 3 heterocycles. The van der Waals surface area contributed by atoms with Gasteiger partial charge in [-0.1, -0.05) is 6.92 Å². The number of carbonyl (C=O) groups excluding carboxylic acids is 1. The SMILES string of the molecule is CC1CCc2c(sc(NC(=O)CCN3CCC(C4OCCO4)CC3)c2C#N)C1. The van der Waals surface area contributed by atoms with E-state index in [0.29, 0.717) is 37.0 Å². The van der Waals surface area contributed by atoms with Crippen molar-refractivity contribution in [3.8, 4) is 6.07 Å². The van der Waals surface area contributed by atoms with Crippen LogP contribution in [-0.2, 0) is 27.1 Å². The largest absolute Gasteiger partial charge is 0.350 e. The molecule has 2 fully saturated rings. The molecule has 1 amide bonds. The number of nitrogens with one attached hydrogen (secondary N) is 1. The highest BCUT2D eigenvalue weighted by atomic mass is 32.1. The molecular formula is C21H29N3O3S. The topological polar surface area (TPSA) is 74.6 Å². The molecule has 152 valence electrons. The first-order chi connectivity index (χ1) is 13.6. The minimum Gasteiger partial charge on any atom is -0.350 e. The Balaban J connectivity index is 1.26. The summed E-state index contributed by atoms with van der Waals surface area (Å²) in [6.07, 6.45) is 5.65. The van der Waals surface area contributed by atoms with Gasteiger partial charge in [-0.25, -0.2) is 0 Å². The summed E-state index contributed by atoms with van der Waals surface area (Å²) in [7, 11) is 0. The maximum atomic E-state index is 12.5. The second-order valence-electron chi connectivity index (χ2n) is 8.25. The highest BCUT2D eigenvalue weighted by Crippen LogP contribution is 2.39. The number of fused-ring (bicyclic) bond motifs is 1. The van der Waals surface area contributed by atoms with Gasteiger partial charge in [-0.3, -0.25) is 4.79 Å². The molecule has 6 nitrogen and oxygen atoms in total. The molecule has 0 radical (unpaired) electrons. The number of hydrogen-bond acceptors (Lipinski definition) is 6. The quantitative estimate of drug-likeness (QED) is 0.817. The van der Waals surface area contributed by atoms with E-state index in [1.807, 2.05) is 0 Å². The Kier molecular flexibility index (Phi) is 6.32. The van der Waals surface area contributed by atoms with Crippen LogP contribution in [-0.4, -0.2) is 49.9 Å². The zero-order chi connectivity index (χ0) is 19.5. The molecule has 1 aromatic rings. The van der Waals surface area contributed by atoms with Crippen molar-refractivity contribution in [2.24, 2.45) is 11.8 Å². The van der Waals surface area contributed by atoms with E-state index in [0.717, 1.165) is 56.7 Å². The molecule has 2 aliphatic heterocycles. The standard InChI is InChI=1S/C21H29N3O3S/c1-14-2-3-16-17(13-22)20(28-18(16)12-14)23-19(25)6-9-24-7-4-15(5-8-24)21-26-10-11-27-21/h14-15,21H,2-12H2,1H3,(H,23,25). The first kappa shape index (κ1) is 19.8. The average molecular weight is 404 g/mol. The first-order valence-electron chi connectivity index (χ1n) is 10.4. The summed E-state index contributed by atoms with van der Waals surface area (Å²) in [6, 6.07) is 2.32. The number of rotatable bonds is 5. The van der Waals surface area contributed by atoms with E-state index in [2.05, 4.69) is 23.2 Å². The van der Waals surface area contributed by atoms with Crippen molar-refractivity contribution >= 4 is 22.2 Å². The Hall–Kier alpha value is -1.46. The Morgan fingerprint density at radius 1 is 1.29 bits per heavy atom. The zero-order valence-corrected chi connectivity index (χ0v) is 17.4. The van der Waals surface area contributed by atoms with Gasteiger partial charge in [0.05, 0.1) is 18.8 Å². The number of thiophene rings is 1. The van der Waals surface area contributed by atoms with Crippen molar-refractivity contribution < 1.29 is 14.3 Å². The third-order valence-electron chi connectivity index (χ3n) is 6.20. The van der Waals surface area contributed by atoms with Crippen molar-refractivity contribution in [2.75, 3.05) is 38.2 Å². The van der Waals surface area contributed by atoms with Gasteiger partial charge in [0.2, 0.25) is 5.91 Å². The number of hydrogen-bond donors (Lipinski definition) is 1. The molecule has 3 aliphatic rings. The Labute approximate surface area is 170 Å². The van der Waals surface area contributed by atoms with E-state index < -0.39 is 0 Å². The fraction of sp³-hybridized carbons (Fsp3) is 0.714. The molecule has 0 bridgehead atoms. The molecule has 1 N–H and O–H groups in total. The monoisotopic (exact) mass is 403 g/mol. The van der Waals surface area contributed by atoms with Crippen molar-refractivity contribution in [3.05, 3.63) is 16.0 Å². The van der Waals surface area contributed by atoms with Crippen LogP contribution in [0.1, 0.15) is 48.6 Å². The molecule has 2 saturated heterocycles. The van der Waals surface area contributed by atoms with Crippen LogP contribution in [0.25, 0.3) is 0 Å². The Morgan fingerprint density at radius 2 is 2.04 bits per heavy atom. The average Bonchev–Trinajstić information content (AvgIpc) is 3.34. The molecule has 1 atom stereocenters. The zero-order valence-electron chi connectivity index (χ0n) is 16.5. The molecular weight excluding hydrogens is 374 g/mol. The number of piperidine rings is 1. The highest BCUT2D eigenvalue weighted by molar-refractivity contribution is 7.16. The lowest BCUT2D eigenvalue weighted by Crippen LogP contribution is -2.39. The normalized spacial score (nSPS) is 24.1. The minimum absolute atomic E-state index is 0.00716. The fourth-order valence-electron chi connectivity index (χ4n) is 4.50. The fourth-order valence-corrected chi connectivity index (χ4v) is 5.88. The molecule has 1 unspecified atom stereocenters. The third kappa shape index (κ3) is 4.41. The molecule has 7 heteroatoms. The maximum Gasteiger partial charge on any atom is 0.226 e. The van der Waals surface area contributed by atoms with Crippen LogP contribution < -0.4 is 5.32 Å². The number of amides is 1. The first-order valence-corrected chi connectivity index (χ1v) is 11.3. The number of carbonyl (C=O) groups is 1. The number of ether oxygens (including phenoxy) is 2. The molecule has 28 heavy (non-hydrogen) atoms. The van der Waals surface area contributed by atoms with Crippen molar-refractivity contribution in [3.63, 3.8) is 0 Å². The van der Waals surface area contributed by atoms with Crippen LogP contribution >= 0.6 is 11.3 Å². The number of nitriles is 1. The molecule has 0 saturated carbocycles. The van der Waals surface area contributed by atoms with Crippen molar-refractivity contribution in [2.45, 2.75) is 51.7 Å². The van der Waals surface area contributed by atoms with Crippen LogP contribution in [0.3, 0.4) is 0 Å². The molecule has 1 aliphatic carbocycles. The Bertz CT molecular complexity index is 743. The van der Waals surface area contributed by atoms with Crippen LogP contribution in [0.2, 0.25) is 0 Å². The van der Waals surface area contributed by atoms with Crippen LogP contribution in [0.4, 0.5) is 5.00 Å². The van der Waals surface area contributed by atoms with Gasteiger partial charge in [0.15, 0.2) is 6.29 Å². The van der Waals surface area contributed by atoms with Crippen LogP contribution in [0, 0.1) is 23.2 Å². The minimum atomic E-state index is -0.0255. The van der Waals surface area contributed by atoms with Gasteiger partial charge in [-0.05, 0) is 56.7 Å². The summed E-state index contributed by atoms with van der Waals surface area (Å²) in [5, 5.41) is 13.3. The summed E-state index contributed by atoms with van der Waals surface area (Å²) in [4.78, 5) is 16.1. The van der Waals surface area contributed by atoms with Gasteiger partial charge in [0.1, 0.15) is 11.1 Å². The van der Waals surface area contributed by atoms with Crippen molar-refractivity contribution in [1.82, 2.24) is 4.90 Å². The van der Waals surface area contributed by atoms with Crippen molar-refractivity contribution in [1.29, 1.82) is 5.26 Å². The summed E-state index contributed by atoms with van der Waals surface area (Å²) in [6.45, 7) is 6.39. The van der Waals surface area contributed by atoms with Gasteiger partial charge < -0.3 is 19.7 Å². The lowest BCUT2D eigenvalue weighted by Gasteiger charge is -2.33. The van der Waals surface area contributed by atoms with Gasteiger partial charge in [0.25, 0.3) is 0 Å². The van der Waals surface area contributed by atoms with E-state index in [1.54, 1.807) is 11.3 Å². The van der Waals surface area contributed by atoms with Crippen LogP contribution in [0.15, 0.2) is 0 Å². The number of nitrogens with zero attached hydrogens (tertiary/aromatic N) is 2. The van der Waals surface area contributed by atoms with E-state index in [9.17, 15) is 10.1 Å². The molecule has 4 rings (SSSR count). The molecule has 0 spiro atoms. The Morgan fingerprint density at radius 3 is 2.75 bits per heavy atom. The lowest BCUT2D eigenvalue weighted by atomic mass is 9.89. The second-order valence-corrected chi connectivity index (χ2v) is 9.36. The van der Waals surface area contributed by atoms with E-state index in [4.69, 9.17) is 9.47 Å². The molecule has 1 aromatic heterocycles.